The normalized spacial score (nSPS) is 12.4. The highest BCUT2D eigenvalue weighted by Crippen LogP contribution is 2.19. The largest absolute Gasteiger partial charge is 0.382 e. The molecular formula is C14H16N2O. The van der Waals surface area contributed by atoms with Crippen LogP contribution in [0.3, 0.4) is 0 Å². The number of aromatic nitrogens is 2. The quantitative estimate of drug-likeness (QED) is 0.874. The molecule has 0 radical (unpaired) electrons. The molecule has 0 saturated heterocycles. The Labute approximate surface area is 101 Å². The third-order valence-corrected chi connectivity index (χ3v) is 2.70. The Morgan fingerprint density at radius 1 is 1.18 bits per heavy atom. The molecule has 1 unspecified atom stereocenters. The number of nitrogens with zero attached hydrogens (tertiary/aromatic N) is 2. The van der Waals surface area contributed by atoms with Crippen molar-refractivity contribution in [1.29, 1.82) is 0 Å². The lowest BCUT2D eigenvalue weighted by Gasteiger charge is -2.10. The summed E-state index contributed by atoms with van der Waals surface area (Å²) in [4.78, 5) is 8.06. The number of hydrogen-bond acceptors (Lipinski definition) is 3. The fourth-order valence-corrected chi connectivity index (χ4v) is 1.78. The van der Waals surface area contributed by atoms with Crippen LogP contribution in [0.15, 0.2) is 42.9 Å². The lowest BCUT2D eigenvalue weighted by atomic mass is 10.0. The molecule has 0 spiro atoms. The van der Waals surface area contributed by atoms with E-state index in [1.165, 1.54) is 5.56 Å². The average Bonchev–Trinajstić information content (AvgIpc) is 2.40. The van der Waals surface area contributed by atoms with E-state index in [1.54, 1.807) is 18.6 Å². The molecule has 1 N–H and O–H groups in total. The minimum atomic E-state index is -0.695. The van der Waals surface area contributed by atoms with Crippen LogP contribution < -0.4 is 0 Å². The summed E-state index contributed by atoms with van der Waals surface area (Å²) in [6.07, 6.45) is 6.28. The zero-order chi connectivity index (χ0) is 12.1. The second-order valence-electron chi connectivity index (χ2n) is 4.02. The molecule has 3 heteroatoms. The molecule has 0 aliphatic carbocycles. The van der Waals surface area contributed by atoms with E-state index in [0.29, 0.717) is 5.69 Å². The molecule has 0 saturated carbocycles. The van der Waals surface area contributed by atoms with Gasteiger partial charge in [-0.2, -0.15) is 0 Å². The van der Waals surface area contributed by atoms with Crippen molar-refractivity contribution >= 4 is 0 Å². The van der Waals surface area contributed by atoms with Crippen LogP contribution in [0.1, 0.15) is 36.3 Å². The van der Waals surface area contributed by atoms with Crippen LogP contribution in [0, 0.1) is 0 Å². The topological polar surface area (TPSA) is 46.0 Å². The predicted octanol–water partition coefficient (Wildman–Crippen LogP) is 2.51. The van der Waals surface area contributed by atoms with E-state index < -0.39 is 6.10 Å². The zero-order valence-electron chi connectivity index (χ0n) is 9.87. The van der Waals surface area contributed by atoms with Gasteiger partial charge in [-0.1, -0.05) is 37.6 Å². The molecule has 1 aromatic carbocycles. The zero-order valence-corrected chi connectivity index (χ0v) is 9.87. The third kappa shape index (κ3) is 2.88. The lowest BCUT2D eigenvalue weighted by molar-refractivity contribution is 0.215. The lowest BCUT2D eigenvalue weighted by Crippen LogP contribution is -2.02. The molecule has 2 aromatic rings. The van der Waals surface area contributed by atoms with Crippen molar-refractivity contribution in [3.05, 3.63) is 59.7 Å². The Hall–Kier alpha value is -1.74. The monoisotopic (exact) mass is 228 g/mol. The summed E-state index contributed by atoms with van der Waals surface area (Å²) in [7, 11) is 0. The third-order valence-electron chi connectivity index (χ3n) is 2.70. The van der Waals surface area contributed by atoms with Crippen LogP contribution in [0.5, 0.6) is 0 Å². The summed E-state index contributed by atoms with van der Waals surface area (Å²) in [5, 5.41) is 10.1. The summed E-state index contributed by atoms with van der Waals surface area (Å²) >= 11 is 0. The number of hydrogen-bond donors (Lipinski definition) is 1. The van der Waals surface area contributed by atoms with Gasteiger partial charge in [0.2, 0.25) is 0 Å². The molecule has 1 atom stereocenters. The van der Waals surface area contributed by atoms with Gasteiger partial charge in [0, 0.05) is 12.4 Å². The van der Waals surface area contributed by atoms with Gasteiger partial charge in [-0.3, -0.25) is 9.97 Å². The molecule has 3 nitrogen and oxygen atoms in total. The van der Waals surface area contributed by atoms with E-state index in [0.717, 1.165) is 18.4 Å². The number of aliphatic hydroxyl groups excluding tert-OH is 1. The first-order chi connectivity index (χ1) is 8.31. The van der Waals surface area contributed by atoms with Crippen molar-refractivity contribution in [3.8, 4) is 0 Å². The van der Waals surface area contributed by atoms with E-state index in [9.17, 15) is 5.11 Å². The van der Waals surface area contributed by atoms with Crippen molar-refractivity contribution in [2.24, 2.45) is 0 Å². The summed E-state index contributed by atoms with van der Waals surface area (Å²) in [5.41, 5.74) is 2.73. The highest BCUT2D eigenvalue weighted by molar-refractivity contribution is 5.28. The van der Waals surface area contributed by atoms with Crippen molar-refractivity contribution in [1.82, 2.24) is 9.97 Å². The van der Waals surface area contributed by atoms with Crippen molar-refractivity contribution in [2.45, 2.75) is 25.9 Å². The Kier molecular flexibility index (Phi) is 3.83. The molecule has 88 valence electrons. The fraction of sp³-hybridized carbons (Fsp3) is 0.286. The summed E-state index contributed by atoms with van der Waals surface area (Å²) in [5.74, 6) is 0. The SMILES string of the molecule is CCCc1ccc(C(O)c2cnccn2)cc1. The van der Waals surface area contributed by atoms with E-state index >= 15 is 0 Å². The summed E-state index contributed by atoms with van der Waals surface area (Å²) in [6.45, 7) is 2.16. The second-order valence-corrected chi connectivity index (χ2v) is 4.02. The number of rotatable bonds is 4. The molecule has 0 aliphatic heterocycles. The molecule has 0 bridgehead atoms. The van der Waals surface area contributed by atoms with Gasteiger partial charge >= 0.3 is 0 Å². The van der Waals surface area contributed by atoms with Crippen LogP contribution in [-0.4, -0.2) is 15.1 Å². The van der Waals surface area contributed by atoms with Gasteiger partial charge in [-0.15, -0.1) is 0 Å². The van der Waals surface area contributed by atoms with Crippen LogP contribution in [0.2, 0.25) is 0 Å². The highest BCUT2D eigenvalue weighted by atomic mass is 16.3. The van der Waals surface area contributed by atoms with Gasteiger partial charge in [0.1, 0.15) is 6.10 Å². The van der Waals surface area contributed by atoms with Crippen LogP contribution in [-0.2, 0) is 6.42 Å². The molecular weight excluding hydrogens is 212 g/mol. The summed E-state index contributed by atoms with van der Waals surface area (Å²) < 4.78 is 0. The molecule has 17 heavy (non-hydrogen) atoms. The van der Waals surface area contributed by atoms with Crippen molar-refractivity contribution in [3.63, 3.8) is 0 Å². The minimum Gasteiger partial charge on any atom is -0.382 e. The Balaban J connectivity index is 2.17. The van der Waals surface area contributed by atoms with E-state index in [1.807, 2.05) is 12.1 Å². The maximum Gasteiger partial charge on any atom is 0.123 e. The first-order valence-corrected chi connectivity index (χ1v) is 5.84. The van der Waals surface area contributed by atoms with Crippen LogP contribution in [0.4, 0.5) is 0 Å². The van der Waals surface area contributed by atoms with E-state index in [2.05, 4.69) is 29.0 Å². The van der Waals surface area contributed by atoms with Crippen LogP contribution >= 0.6 is 0 Å². The minimum absolute atomic E-state index is 0.579. The van der Waals surface area contributed by atoms with Gasteiger partial charge in [0.15, 0.2) is 0 Å². The summed E-state index contributed by atoms with van der Waals surface area (Å²) in [6, 6.07) is 8.01. The van der Waals surface area contributed by atoms with Gasteiger partial charge in [-0.05, 0) is 17.5 Å². The average molecular weight is 228 g/mol. The van der Waals surface area contributed by atoms with Gasteiger partial charge in [0.05, 0.1) is 11.9 Å². The Bertz CT molecular complexity index is 453. The number of benzene rings is 1. The van der Waals surface area contributed by atoms with E-state index in [-0.39, 0.29) is 0 Å². The maximum absolute atomic E-state index is 10.1. The van der Waals surface area contributed by atoms with Gasteiger partial charge in [0.25, 0.3) is 0 Å². The molecule has 1 aromatic heterocycles. The number of aryl methyl sites for hydroxylation is 1. The first kappa shape index (κ1) is 11.7. The first-order valence-electron chi connectivity index (χ1n) is 5.84. The standard InChI is InChI=1S/C14H16N2O/c1-2-3-11-4-6-12(7-5-11)14(17)13-10-15-8-9-16-13/h4-10,14,17H,2-3H2,1H3. The predicted molar refractivity (Wildman–Crippen MR) is 66.5 cm³/mol. The Morgan fingerprint density at radius 3 is 2.53 bits per heavy atom. The molecule has 0 aliphatic rings. The molecule has 2 rings (SSSR count). The molecule has 0 fully saturated rings. The highest BCUT2D eigenvalue weighted by Gasteiger charge is 2.11. The van der Waals surface area contributed by atoms with Gasteiger partial charge in [-0.25, -0.2) is 0 Å². The Morgan fingerprint density at radius 2 is 1.94 bits per heavy atom. The maximum atomic E-state index is 10.1. The van der Waals surface area contributed by atoms with Crippen molar-refractivity contribution < 1.29 is 5.11 Å². The van der Waals surface area contributed by atoms with Gasteiger partial charge < -0.3 is 5.11 Å². The van der Waals surface area contributed by atoms with Crippen LogP contribution in [0.25, 0.3) is 0 Å². The number of aliphatic hydroxyl groups is 1. The smallest absolute Gasteiger partial charge is 0.123 e. The molecule has 0 amide bonds. The second kappa shape index (κ2) is 5.55. The molecule has 1 heterocycles. The van der Waals surface area contributed by atoms with Crippen molar-refractivity contribution in [2.75, 3.05) is 0 Å². The fourth-order valence-electron chi connectivity index (χ4n) is 1.78. The van der Waals surface area contributed by atoms with E-state index in [4.69, 9.17) is 0 Å².